The third kappa shape index (κ3) is 3.43. The largest absolute Gasteiger partial charge is 0.389 e. The third-order valence-corrected chi connectivity index (χ3v) is 2.67. The SMILES string of the molecule is CCN(CCC#N)c1ccc([C@H](C)O)cc1F. The van der Waals surface area contributed by atoms with Crippen LogP contribution in [0.5, 0.6) is 0 Å². The number of aliphatic hydroxyl groups excluding tert-OH is 1. The van der Waals surface area contributed by atoms with Gasteiger partial charge in [0.1, 0.15) is 5.82 Å². The van der Waals surface area contributed by atoms with Crippen LogP contribution in [0, 0.1) is 17.1 Å². The topological polar surface area (TPSA) is 47.3 Å². The summed E-state index contributed by atoms with van der Waals surface area (Å²) in [5.41, 5.74) is 1.04. The monoisotopic (exact) mass is 236 g/mol. The zero-order valence-corrected chi connectivity index (χ0v) is 10.2. The van der Waals surface area contributed by atoms with E-state index in [0.29, 0.717) is 30.8 Å². The molecule has 0 saturated heterocycles. The van der Waals surface area contributed by atoms with Gasteiger partial charge in [0.15, 0.2) is 0 Å². The van der Waals surface area contributed by atoms with Crippen LogP contribution in [0.3, 0.4) is 0 Å². The molecule has 0 aliphatic carbocycles. The molecule has 92 valence electrons. The van der Waals surface area contributed by atoms with E-state index in [0.717, 1.165) is 0 Å². The molecule has 0 aliphatic heterocycles. The van der Waals surface area contributed by atoms with E-state index >= 15 is 0 Å². The van der Waals surface area contributed by atoms with Crippen LogP contribution in [0.2, 0.25) is 0 Å². The van der Waals surface area contributed by atoms with Crippen LogP contribution in [0.25, 0.3) is 0 Å². The van der Waals surface area contributed by atoms with Crippen molar-refractivity contribution in [2.24, 2.45) is 0 Å². The van der Waals surface area contributed by atoms with Crippen LogP contribution in [-0.4, -0.2) is 18.2 Å². The standard InChI is InChI=1S/C13H17FN2O/c1-3-16(8-4-7-15)13-6-5-11(10(2)17)9-12(13)14/h5-6,9-10,17H,3-4,8H2,1-2H3/t10-/m0/s1. The minimum atomic E-state index is -0.673. The Kier molecular flexibility index (Phi) is 4.92. The van der Waals surface area contributed by atoms with Crippen molar-refractivity contribution in [1.82, 2.24) is 0 Å². The number of aliphatic hydroxyl groups is 1. The number of benzene rings is 1. The summed E-state index contributed by atoms with van der Waals surface area (Å²) in [5.74, 6) is -0.358. The molecular formula is C13H17FN2O. The van der Waals surface area contributed by atoms with Gasteiger partial charge in [-0.05, 0) is 31.5 Å². The third-order valence-electron chi connectivity index (χ3n) is 2.67. The Morgan fingerprint density at radius 3 is 2.71 bits per heavy atom. The Morgan fingerprint density at radius 1 is 1.53 bits per heavy atom. The van der Waals surface area contributed by atoms with Gasteiger partial charge in [-0.1, -0.05) is 6.07 Å². The normalized spacial score (nSPS) is 11.9. The smallest absolute Gasteiger partial charge is 0.146 e. The molecule has 4 heteroatoms. The molecule has 0 aliphatic rings. The highest BCUT2D eigenvalue weighted by atomic mass is 19.1. The van der Waals surface area contributed by atoms with Crippen LogP contribution in [0.15, 0.2) is 18.2 Å². The molecule has 0 saturated carbocycles. The van der Waals surface area contributed by atoms with Gasteiger partial charge in [0.25, 0.3) is 0 Å². The van der Waals surface area contributed by atoms with E-state index in [2.05, 4.69) is 0 Å². The van der Waals surface area contributed by atoms with E-state index in [9.17, 15) is 9.50 Å². The van der Waals surface area contributed by atoms with Gasteiger partial charge in [0, 0.05) is 13.1 Å². The minimum absolute atomic E-state index is 0.358. The molecule has 0 bridgehead atoms. The van der Waals surface area contributed by atoms with Crippen LogP contribution in [0.1, 0.15) is 31.9 Å². The lowest BCUT2D eigenvalue weighted by atomic mass is 10.1. The number of anilines is 1. The van der Waals surface area contributed by atoms with Gasteiger partial charge in [-0.25, -0.2) is 4.39 Å². The summed E-state index contributed by atoms with van der Waals surface area (Å²) in [4.78, 5) is 1.81. The number of nitriles is 1. The van der Waals surface area contributed by atoms with Crippen molar-refractivity contribution in [3.05, 3.63) is 29.6 Å². The fourth-order valence-electron chi connectivity index (χ4n) is 1.67. The van der Waals surface area contributed by atoms with Crippen molar-refractivity contribution in [3.8, 4) is 6.07 Å². The van der Waals surface area contributed by atoms with Gasteiger partial charge < -0.3 is 10.0 Å². The van der Waals surface area contributed by atoms with Gasteiger partial charge in [-0.15, -0.1) is 0 Å². The zero-order chi connectivity index (χ0) is 12.8. The second-order valence-corrected chi connectivity index (χ2v) is 3.87. The van der Waals surface area contributed by atoms with Gasteiger partial charge in [0.05, 0.1) is 24.3 Å². The first-order valence-corrected chi connectivity index (χ1v) is 5.69. The van der Waals surface area contributed by atoms with Crippen LogP contribution in [0.4, 0.5) is 10.1 Å². The summed E-state index contributed by atoms with van der Waals surface area (Å²) in [6.45, 7) is 4.67. The highest BCUT2D eigenvalue weighted by Crippen LogP contribution is 2.23. The van der Waals surface area contributed by atoms with Crippen molar-refractivity contribution in [2.75, 3.05) is 18.0 Å². The number of rotatable bonds is 5. The molecule has 0 unspecified atom stereocenters. The second-order valence-electron chi connectivity index (χ2n) is 3.87. The summed E-state index contributed by atoms with van der Waals surface area (Å²) < 4.78 is 13.8. The maximum absolute atomic E-state index is 13.8. The first-order valence-electron chi connectivity index (χ1n) is 5.69. The maximum atomic E-state index is 13.8. The lowest BCUT2D eigenvalue weighted by Gasteiger charge is -2.23. The molecule has 0 radical (unpaired) electrons. The first-order chi connectivity index (χ1) is 8.10. The van der Waals surface area contributed by atoms with Crippen molar-refractivity contribution in [3.63, 3.8) is 0 Å². The molecule has 17 heavy (non-hydrogen) atoms. The number of hydrogen-bond acceptors (Lipinski definition) is 3. The molecule has 3 nitrogen and oxygen atoms in total. The fraction of sp³-hybridized carbons (Fsp3) is 0.462. The van der Waals surface area contributed by atoms with E-state index in [-0.39, 0.29) is 5.82 Å². The summed E-state index contributed by atoms with van der Waals surface area (Å²) >= 11 is 0. The summed E-state index contributed by atoms with van der Waals surface area (Å²) in [7, 11) is 0. The Hall–Kier alpha value is -1.60. The van der Waals surface area contributed by atoms with Crippen LogP contribution < -0.4 is 4.90 Å². The van der Waals surface area contributed by atoms with Crippen LogP contribution in [-0.2, 0) is 0 Å². The molecule has 0 fully saturated rings. The van der Waals surface area contributed by atoms with E-state index in [4.69, 9.17) is 5.26 Å². The van der Waals surface area contributed by atoms with Crippen molar-refractivity contribution in [1.29, 1.82) is 5.26 Å². The molecule has 0 spiro atoms. The number of halogens is 1. The Balaban J connectivity index is 2.93. The van der Waals surface area contributed by atoms with E-state index in [1.165, 1.54) is 6.07 Å². The van der Waals surface area contributed by atoms with Gasteiger partial charge in [-0.2, -0.15) is 5.26 Å². The highest BCUT2D eigenvalue weighted by Gasteiger charge is 2.11. The average Bonchev–Trinajstić information content (AvgIpc) is 2.31. The summed E-state index contributed by atoms with van der Waals surface area (Å²) in [6.07, 6.45) is -0.307. The molecule has 1 N–H and O–H groups in total. The number of hydrogen-bond donors (Lipinski definition) is 1. The van der Waals surface area contributed by atoms with E-state index in [1.807, 2.05) is 17.9 Å². The highest BCUT2D eigenvalue weighted by molar-refractivity contribution is 5.49. The molecule has 1 atom stereocenters. The molecule has 1 aromatic carbocycles. The average molecular weight is 236 g/mol. The Labute approximate surface area is 101 Å². The zero-order valence-electron chi connectivity index (χ0n) is 10.2. The second kappa shape index (κ2) is 6.21. The summed E-state index contributed by atoms with van der Waals surface area (Å²) in [6, 6.07) is 6.75. The Morgan fingerprint density at radius 2 is 2.24 bits per heavy atom. The quantitative estimate of drug-likeness (QED) is 0.854. The van der Waals surface area contributed by atoms with Gasteiger partial charge >= 0.3 is 0 Å². The van der Waals surface area contributed by atoms with Crippen molar-refractivity contribution in [2.45, 2.75) is 26.4 Å². The predicted octanol–water partition coefficient (Wildman–Crippen LogP) is 2.62. The van der Waals surface area contributed by atoms with Crippen LogP contribution >= 0.6 is 0 Å². The summed E-state index contributed by atoms with van der Waals surface area (Å²) in [5, 5.41) is 17.9. The number of nitrogens with zero attached hydrogens (tertiary/aromatic N) is 2. The van der Waals surface area contributed by atoms with Crippen molar-refractivity contribution < 1.29 is 9.50 Å². The maximum Gasteiger partial charge on any atom is 0.146 e. The molecule has 0 aromatic heterocycles. The molecule has 1 rings (SSSR count). The van der Waals surface area contributed by atoms with E-state index in [1.54, 1.807) is 19.1 Å². The lowest BCUT2D eigenvalue weighted by Crippen LogP contribution is -2.24. The Bertz CT molecular complexity index is 412. The molecular weight excluding hydrogens is 219 g/mol. The van der Waals surface area contributed by atoms with Crippen molar-refractivity contribution >= 4 is 5.69 Å². The first kappa shape index (κ1) is 13.5. The van der Waals surface area contributed by atoms with E-state index < -0.39 is 6.10 Å². The fourth-order valence-corrected chi connectivity index (χ4v) is 1.67. The minimum Gasteiger partial charge on any atom is -0.389 e. The predicted molar refractivity (Wildman–Crippen MR) is 65.2 cm³/mol. The van der Waals surface area contributed by atoms with Gasteiger partial charge in [0.2, 0.25) is 0 Å². The van der Waals surface area contributed by atoms with Gasteiger partial charge in [-0.3, -0.25) is 0 Å². The lowest BCUT2D eigenvalue weighted by molar-refractivity contribution is 0.199. The molecule has 0 amide bonds. The molecule has 0 heterocycles. The molecule has 1 aromatic rings.